The van der Waals surface area contributed by atoms with Gasteiger partial charge in [0.1, 0.15) is 24.2 Å². The van der Waals surface area contributed by atoms with E-state index in [-0.39, 0.29) is 25.3 Å². The van der Waals surface area contributed by atoms with Crippen molar-refractivity contribution in [2.45, 2.75) is 43.9 Å². The van der Waals surface area contributed by atoms with Crippen molar-refractivity contribution in [3.63, 3.8) is 0 Å². The van der Waals surface area contributed by atoms with Gasteiger partial charge in [-0.15, -0.1) is 0 Å². The Labute approximate surface area is 189 Å². The first kappa shape index (κ1) is 29.5. The second kappa shape index (κ2) is 15.3. The lowest BCUT2D eigenvalue weighted by atomic mass is 10.1. The minimum absolute atomic E-state index is 0.0176. The number of carbonyl (C=O) groups excluding carboxylic acids is 4. The minimum atomic E-state index is -1.49. The number of guanidine groups is 1. The van der Waals surface area contributed by atoms with Crippen molar-refractivity contribution in [3.05, 3.63) is 0 Å². The number of aliphatic hydroxyl groups excluding tert-OH is 2. The van der Waals surface area contributed by atoms with Gasteiger partial charge in [-0.2, -0.15) is 0 Å². The third kappa shape index (κ3) is 12.2. The highest BCUT2D eigenvalue weighted by atomic mass is 16.4. The predicted octanol–water partition coefficient (Wildman–Crippen LogP) is -5.97. The number of aliphatic imine (C=N–C) groups is 1. The summed E-state index contributed by atoms with van der Waals surface area (Å²) in [6.45, 7) is -0.698. The van der Waals surface area contributed by atoms with Gasteiger partial charge in [0, 0.05) is 6.54 Å². The number of nitrogens with one attached hydrogen (secondary N) is 4. The highest BCUT2D eigenvalue weighted by molar-refractivity contribution is 5.94. The summed E-state index contributed by atoms with van der Waals surface area (Å²) in [5.41, 5.74) is 15.8. The van der Waals surface area contributed by atoms with Gasteiger partial charge in [-0.1, -0.05) is 0 Å². The molecule has 0 aromatic heterocycles. The van der Waals surface area contributed by atoms with E-state index in [1.54, 1.807) is 0 Å². The summed E-state index contributed by atoms with van der Waals surface area (Å²) in [7, 11) is 0. The maximum Gasteiger partial charge on any atom is 0.325 e. The Hall–Kier alpha value is -3.50. The quantitative estimate of drug-likeness (QED) is 0.0602. The molecule has 188 valence electrons. The molecule has 4 amide bonds. The Morgan fingerprint density at radius 1 is 0.909 bits per heavy atom. The van der Waals surface area contributed by atoms with Gasteiger partial charge in [-0.3, -0.25) is 29.0 Å². The van der Waals surface area contributed by atoms with Gasteiger partial charge in [-0.05, 0) is 19.8 Å². The topological polar surface area (TPSA) is 285 Å². The average Bonchev–Trinajstić information content (AvgIpc) is 2.76. The zero-order valence-electron chi connectivity index (χ0n) is 18.1. The molecule has 33 heavy (non-hydrogen) atoms. The maximum atomic E-state index is 12.6. The second-order valence-corrected chi connectivity index (χ2v) is 6.89. The van der Waals surface area contributed by atoms with Crippen molar-refractivity contribution in [1.29, 1.82) is 0 Å². The van der Waals surface area contributed by atoms with Crippen molar-refractivity contribution in [1.82, 2.24) is 21.3 Å². The lowest BCUT2D eigenvalue weighted by molar-refractivity contribution is -0.142. The molecule has 0 saturated heterocycles. The number of carboxylic acids is 1. The molecule has 13 N–H and O–H groups in total. The predicted molar refractivity (Wildman–Crippen MR) is 114 cm³/mol. The molecule has 0 aliphatic rings. The molecule has 0 aromatic rings. The molecule has 0 fully saturated rings. The highest BCUT2D eigenvalue weighted by Crippen LogP contribution is 2.00. The fourth-order valence-electron chi connectivity index (χ4n) is 2.24. The maximum absolute atomic E-state index is 12.6. The van der Waals surface area contributed by atoms with Crippen LogP contribution in [0.1, 0.15) is 19.8 Å². The number of rotatable bonds is 15. The number of nitrogens with zero attached hydrogens (tertiary/aromatic N) is 1. The number of nitrogens with two attached hydrogens (primary N) is 3. The summed E-state index contributed by atoms with van der Waals surface area (Å²) in [6.07, 6.45) is 0.258. The monoisotopic (exact) mass is 476 g/mol. The van der Waals surface area contributed by atoms with Crippen molar-refractivity contribution in [2.24, 2.45) is 22.2 Å². The number of aliphatic hydroxyl groups is 2. The summed E-state index contributed by atoms with van der Waals surface area (Å²) < 4.78 is 0. The number of hydrogen-bond acceptors (Lipinski definition) is 9. The Bertz CT molecular complexity index is 728. The van der Waals surface area contributed by atoms with Crippen LogP contribution in [0.5, 0.6) is 0 Å². The molecule has 0 bridgehead atoms. The van der Waals surface area contributed by atoms with Gasteiger partial charge in [0.05, 0.1) is 19.8 Å². The zero-order chi connectivity index (χ0) is 25.6. The number of carbonyl (C=O) groups is 5. The molecule has 16 nitrogen and oxygen atoms in total. The Kier molecular flexibility index (Phi) is 13.7. The third-order valence-electron chi connectivity index (χ3n) is 4.10. The van der Waals surface area contributed by atoms with Crippen LogP contribution in [0.2, 0.25) is 0 Å². The van der Waals surface area contributed by atoms with Gasteiger partial charge in [0.25, 0.3) is 0 Å². The lowest BCUT2D eigenvalue weighted by Gasteiger charge is -2.23. The van der Waals surface area contributed by atoms with E-state index in [2.05, 4.69) is 26.3 Å². The Morgan fingerprint density at radius 2 is 1.52 bits per heavy atom. The van der Waals surface area contributed by atoms with Crippen LogP contribution in [-0.2, 0) is 24.0 Å². The molecule has 4 atom stereocenters. The van der Waals surface area contributed by atoms with Crippen molar-refractivity contribution < 1.29 is 39.3 Å². The fraction of sp³-hybridized carbons (Fsp3) is 0.647. The lowest BCUT2D eigenvalue weighted by Crippen LogP contribution is -2.57. The number of hydrogen-bond donors (Lipinski definition) is 10. The Morgan fingerprint density at radius 3 is 2.03 bits per heavy atom. The number of amides is 4. The van der Waals surface area contributed by atoms with Gasteiger partial charge in [0.15, 0.2) is 5.96 Å². The summed E-state index contributed by atoms with van der Waals surface area (Å²) in [5.74, 6) is -4.86. The van der Waals surface area contributed by atoms with Crippen LogP contribution < -0.4 is 38.5 Å². The van der Waals surface area contributed by atoms with E-state index in [0.717, 1.165) is 0 Å². The van der Waals surface area contributed by atoms with Crippen LogP contribution in [0.25, 0.3) is 0 Å². The molecule has 0 spiro atoms. The first-order chi connectivity index (χ1) is 15.4. The molecule has 0 rings (SSSR count). The molecule has 0 radical (unpaired) electrons. The molecular weight excluding hydrogens is 444 g/mol. The summed E-state index contributed by atoms with van der Waals surface area (Å²) in [4.78, 5) is 63.1. The minimum Gasteiger partial charge on any atom is -0.480 e. The van der Waals surface area contributed by atoms with Crippen molar-refractivity contribution in [2.75, 3.05) is 26.3 Å². The molecule has 0 aliphatic heterocycles. The third-order valence-corrected chi connectivity index (χ3v) is 4.10. The second-order valence-electron chi connectivity index (χ2n) is 6.89. The molecular formula is C17H32N8O8. The van der Waals surface area contributed by atoms with E-state index in [1.807, 2.05) is 0 Å². The van der Waals surface area contributed by atoms with Gasteiger partial charge in [-0.25, -0.2) is 0 Å². The number of aliphatic carboxylic acids is 1. The van der Waals surface area contributed by atoms with Crippen LogP contribution in [0.15, 0.2) is 4.99 Å². The van der Waals surface area contributed by atoms with Crippen LogP contribution in [0.3, 0.4) is 0 Å². The average molecular weight is 476 g/mol. The summed E-state index contributed by atoms with van der Waals surface area (Å²) in [5, 5.41) is 36.0. The molecule has 0 unspecified atom stereocenters. The van der Waals surface area contributed by atoms with Crippen LogP contribution >= 0.6 is 0 Å². The first-order valence-electron chi connectivity index (χ1n) is 9.86. The molecule has 0 aliphatic carbocycles. The normalized spacial score (nSPS) is 14.1. The standard InChI is InChI=1S/C17H32N8O8/c1-8(16(32)33)23-15(31)11(7-27)25-14(30)10(3-2-4-21-17(19)20)24-12(28)5-22-13(29)9(18)6-26/h8-11,26-27H,2-7,18H2,1H3,(H,22,29)(H,23,31)(H,24,28)(H,25,30)(H,32,33)(H4,19,20,21)/t8-,9-,10-,11-/m0/s1. The summed E-state index contributed by atoms with van der Waals surface area (Å²) >= 11 is 0. The summed E-state index contributed by atoms with van der Waals surface area (Å²) in [6, 6.07) is -5.20. The van der Waals surface area contributed by atoms with E-state index >= 15 is 0 Å². The van der Waals surface area contributed by atoms with E-state index in [4.69, 9.17) is 27.4 Å². The van der Waals surface area contributed by atoms with E-state index in [1.165, 1.54) is 6.92 Å². The largest absolute Gasteiger partial charge is 0.480 e. The van der Waals surface area contributed by atoms with E-state index < -0.39 is 73.5 Å². The SMILES string of the molecule is C[C@H](NC(=O)[C@H](CO)NC(=O)[C@H](CCCN=C(N)N)NC(=O)CNC(=O)[C@@H](N)CO)C(=O)O. The van der Waals surface area contributed by atoms with Crippen LogP contribution in [0, 0.1) is 0 Å². The number of carboxylic acid groups (broad SMARTS) is 1. The van der Waals surface area contributed by atoms with Gasteiger partial charge in [0.2, 0.25) is 23.6 Å². The zero-order valence-corrected chi connectivity index (χ0v) is 18.1. The molecule has 0 aromatic carbocycles. The van der Waals surface area contributed by atoms with Crippen LogP contribution in [-0.4, -0.2) is 101 Å². The van der Waals surface area contributed by atoms with E-state index in [0.29, 0.717) is 0 Å². The fourth-order valence-corrected chi connectivity index (χ4v) is 2.24. The van der Waals surface area contributed by atoms with Gasteiger partial charge >= 0.3 is 5.97 Å². The van der Waals surface area contributed by atoms with Crippen LogP contribution in [0.4, 0.5) is 0 Å². The molecule has 16 heteroatoms. The molecule has 0 saturated carbocycles. The van der Waals surface area contributed by atoms with Gasteiger partial charge < -0.3 is 53.8 Å². The first-order valence-corrected chi connectivity index (χ1v) is 9.86. The Balaban J connectivity index is 5.16. The smallest absolute Gasteiger partial charge is 0.325 e. The highest BCUT2D eigenvalue weighted by Gasteiger charge is 2.28. The van der Waals surface area contributed by atoms with Crippen molar-refractivity contribution in [3.8, 4) is 0 Å². The molecule has 0 heterocycles. The van der Waals surface area contributed by atoms with Crippen molar-refractivity contribution >= 4 is 35.6 Å². The van der Waals surface area contributed by atoms with E-state index in [9.17, 15) is 29.1 Å².